The van der Waals surface area contributed by atoms with Gasteiger partial charge in [0, 0.05) is 18.5 Å². The highest BCUT2D eigenvalue weighted by atomic mass is 16.7. The molecule has 6 heteroatoms. The van der Waals surface area contributed by atoms with Crippen molar-refractivity contribution in [3.63, 3.8) is 0 Å². The molecule has 1 aliphatic heterocycles. The van der Waals surface area contributed by atoms with Crippen LogP contribution in [-0.2, 0) is 9.31 Å². The number of hydrogen-bond donors (Lipinski definition) is 0. The Morgan fingerprint density at radius 3 is 2.44 bits per heavy atom. The van der Waals surface area contributed by atoms with Crippen LogP contribution in [0.25, 0.3) is 5.65 Å². The topological polar surface area (TPSA) is 48.7 Å². The van der Waals surface area contributed by atoms with E-state index in [-0.39, 0.29) is 11.2 Å². The molecular formula is C12H16BN3O2. The Morgan fingerprint density at radius 2 is 1.83 bits per heavy atom. The summed E-state index contributed by atoms with van der Waals surface area (Å²) in [4.78, 5) is 4.24. The highest BCUT2D eigenvalue weighted by Crippen LogP contribution is 2.36. The van der Waals surface area contributed by atoms with E-state index < -0.39 is 7.12 Å². The Balaban J connectivity index is 1.97. The van der Waals surface area contributed by atoms with Gasteiger partial charge < -0.3 is 9.31 Å². The van der Waals surface area contributed by atoms with Crippen LogP contribution in [0.3, 0.4) is 0 Å². The smallest absolute Gasteiger partial charge is 0.398 e. The normalized spacial score (nSPS) is 21.7. The molecule has 0 aliphatic carbocycles. The van der Waals surface area contributed by atoms with Crippen molar-refractivity contribution in [1.82, 2.24) is 14.6 Å². The van der Waals surface area contributed by atoms with Gasteiger partial charge in [-0.25, -0.2) is 9.50 Å². The van der Waals surface area contributed by atoms with E-state index in [4.69, 9.17) is 9.31 Å². The molecule has 3 heterocycles. The van der Waals surface area contributed by atoms with E-state index in [9.17, 15) is 0 Å². The minimum Gasteiger partial charge on any atom is -0.398 e. The van der Waals surface area contributed by atoms with Gasteiger partial charge in [0.25, 0.3) is 0 Å². The van der Waals surface area contributed by atoms with Gasteiger partial charge in [0.1, 0.15) is 0 Å². The van der Waals surface area contributed by atoms with E-state index in [2.05, 4.69) is 10.1 Å². The van der Waals surface area contributed by atoms with Crippen molar-refractivity contribution in [3.8, 4) is 0 Å². The molecule has 0 radical (unpaired) electrons. The lowest BCUT2D eigenvalue weighted by molar-refractivity contribution is 0.00578. The van der Waals surface area contributed by atoms with Crippen LogP contribution in [0.1, 0.15) is 27.7 Å². The molecule has 1 aliphatic rings. The summed E-state index contributed by atoms with van der Waals surface area (Å²) in [7, 11) is -0.434. The summed E-state index contributed by atoms with van der Waals surface area (Å²) in [6.07, 6.45) is 3.60. The predicted octanol–water partition coefficient (Wildman–Crippen LogP) is 1.03. The van der Waals surface area contributed by atoms with Gasteiger partial charge in [0.15, 0.2) is 5.65 Å². The van der Waals surface area contributed by atoms with Crippen LogP contribution in [-0.4, -0.2) is 32.9 Å². The van der Waals surface area contributed by atoms with Crippen molar-refractivity contribution >= 4 is 18.4 Å². The fourth-order valence-corrected chi connectivity index (χ4v) is 1.93. The lowest BCUT2D eigenvalue weighted by atomic mass is 9.85. The molecule has 0 N–H and O–H groups in total. The van der Waals surface area contributed by atoms with E-state index in [0.717, 1.165) is 11.2 Å². The average Bonchev–Trinajstić information content (AvgIpc) is 2.78. The van der Waals surface area contributed by atoms with Crippen LogP contribution in [0.4, 0.5) is 0 Å². The first kappa shape index (κ1) is 11.7. The second kappa shape index (κ2) is 3.55. The molecule has 1 fully saturated rings. The quantitative estimate of drug-likeness (QED) is 0.704. The fraction of sp³-hybridized carbons (Fsp3) is 0.500. The van der Waals surface area contributed by atoms with E-state index in [1.54, 1.807) is 10.7 Å². The molecule has 0 unspecified atom stereocenters. The highest BCUT2D eigenvalue weighted by Gasteiger charge is 2.52. The molecule has 0 spiro atoms. The molecule has 94 valence electrons. The van der Waals surface area contributed by atoms with E-state index >= 15 is 0 Å². The van der Waals surface area contributed by atoms with Crippen molar-refractivity contribution in [1.29, 1.82) is 0 Å². The highest BCUT2D eigenvalue weighted by molar-refractivity contribution is 6.61. The van der Waals surface area contributed by atoms with Gasteiger partial charge in [-0.2, -0.15) is 5.10 Å². The molecule has 0 atom stereocenters. The van der Waals surface area contributed by atoms with Crippen molar-refractivity contribution in [2.75, 3.05) is 0 Å². The fourth-order valence-electron chi connectivity index (χ4n) is 1.93. The maximum absolute atomic E-state index is 5.95. The van der Waals surface area contributed by atoms with Gasteiger partial charge in [-0.3, -0.25) is 0 Å². The Kier molecular flexibility index (Phi) is 2.31. The van der Waals surface area contributed by atoms with Gasteiger partial charge in [-0.05, 0) is 33.8 Å². The summed E-state index contributed by atoms with van der Waals surface area (Å²) in [6, 6.07) is 3.73. The second-order valence-corrected chi connectivity index (χ2v) is 5.58. The lowest BCUT2D eigenvalue weighted by Crippen LogP contribution is -2.41. The molecule has 0 amide bonds. The summed E-state index contributed by atoms with van der Waals surface area (Å²) in [5.74, 6) is 0. The van der Waals surface area contributed by atoms with Crippen molar-refractivity contribution in [2.45, 2.75) is 38.9 Å². The lowest BCUT2D eigenvalue weighted by Gasteiger charge is -2.32. The van der Waals surface area contributed by atoms with Gasteiger partial charge in [-0.1, -0.05) is 0 Å². The Morgan fingerprint density at radius 1 is 1.17 bits per heavy atom. The monoisotopic (exact) mass is 245 g/mol. The predicted molar refractivity (Wildman–Crippen MR) is 68.7 cm³/mol. The van der Waals surface area contributed by atoms with Crippen LogP contribution >= 0.6 is 0 Å². The molecule has 5 nitrogen and oxygen atoms in total. The van der Waals surface area contributed by atoms with Crippen molar-refractivity contribution in [2.24, 2.45) is 0 Å². The first-order valence-electron chi connectivity index (χ1n) is 6.05. The second-order valence-electron chi connectivity index (χ2n) is 5.58. The van der Waals surface area contributed by atoms with Crippen LogP contribution < -0.4 is 5.59 Å². The summed E-state index contributed by atoms with van der Waals surface area (Å²) >= 11 is 0. The Hall–Kier alpha value is -1.40. The third kappa shape index (κ3) is 1.64. The van der Waals surface area contributed by atoms with Gasteiger partial charge in [0.05, 0.1) is 16.8 Å². The van der Waals surface area contributed by atoms with Crippen LogP contribution in [0.5, 0.6) is 0 Å². The average molecular weight is 245 g/mol. The molecule has 1 saturated heterocycles. The molecule has 18 heavy (non-hydrogen) atoms. The van der Waals surface area contributed by atoms with E-state index in [0.29, 0.717) is 0 Å². The summed E-state index contributed by atoms with van der Waals surface area (Å²) < 4.78 is 13.6. The van der Waals surface area contributed by atoms with Crippen molar-refractivity contribution in [3.05, 3.63) is 24.5 Å². The molecule has 0 bridgehead atoms. The largest absolute Gasteiger partial charge is 0.516 e. The zero-order valence-electron chi connectivity index (χ0n) is 11.0. The first-order valence-corrected chi connectivity index (χ1v) is 6.05. The zero-order chi connectivity index (χ0) is 13.0. The molecule has 0 saturated carbocycles. The van der Waals surface area contributed by atoms with E-state index in [1.807, 2.05) is 46.0 Å². The van der Waals surface area contributed by atoms with Crippen LogP contribution in [0.15, 0.2) is 24.5 Å². The Bertz CT molecular complexity index is 545. The maximum Gasteiger partial charge on any atom is 0.516 e. The van der Waals surface area contributed by atoms with E-state index in [1.165, 1.54) is 0 Å². The molecule has 2 aromatic heterocycles. The summed E-state index contributed by atoms with van der Waals surface area (Å²) in [5, 5.41) is 4.43. The van der Waals surface area contributed by atoms with Gasteiger partial charge in [-0.15, -0.1) is 0 Å². The summed E-state index contributed by atoms with van der Waals surface area (Å²) in [5.41, 5.74) is 0.858. The standard InChI is InChI=1S/C12H16BN3O2/c1-11(2)12(3,4)18-13(17-11)9-8-10-14-6-5-7-16(10)15-9/h5-8H,1-4H3. The number of fused-ring (bicyclic) bond motifs is 1. The molecule has 3 rings (SSSR count). The minimum absolute atomic E-state index is 0.346. The van der Waals surface area contributed by atoms with Gasteiger partial charge in [0.2, 0.25) is 0 Å². The first-order chi connectivity index (χ1) is 8.39. The number of rotatable bonds is 1. The van der Waals surface area contributed by atoms with Crippen LogP contribution in [0.2, 0.25) is 0 Å². The maximum atomic E-state index is 5.95. The number of nitrogens with zero attached hydrogens (tertiary/aromatic N) is 3. The van der Waals surface area contributed by atoms with Gasteiger partial charge >= 0.3 is 7.12 Å². The van der Waals surface area contributed by atoms with Crippen LogP contribution in [0, 0.1) is 0 Å². The third-order valence-electron chi connectivity index (χ3n) is 3.75. The number of hydrogen-bond acceptors (Lipinski definition) is 4. The SMILES string of the molecule is CC1(C)OB(c2cc3ncccn3n2)OC1(C)C. The molecule has 2 aromatic rings. The van der Waals surface area contributed by atoms with Crippen molar-refractivity contribution < 1.29 is 9.31 Å². The zero-order valence-corrected chi connectivity index (χ0v) is 11.0. The summed E-state index contributed by atoms with van der Waals surface area (Å²) in [6.45, 7) is 8.12. The molecule has 0 aromatic carbocycles. The number of aromatic nitrogens is 3. The Labute approximate surface area is 106 Å². The third-order valence-corrected chi connectivity index (χ3v) is 3.75. The minimum atomic E-state index is -0.434. The molecular weight excluding hydrogens is 229 g/mol.